The number of aromatic nitrogens is 1. The van der Waals surface area contributed by atoms with Gasteiger partial charge >= 0.3 is 0 Å². The third kappa shape index (κ3) is 4.35. The van der Waals surface area contributed by atoms with Crippen molar-refractivity contribution in [2.45, 2.75) is 46.1 Å². The van der Waals surface area contributed by atoms with Crippen LogP contribution in [0, 0.1) is 0 Å². The van der Waals surface area contributed by atoms with Gasteiger partial charge in [0.15, 0.2) is 0 Å². The van der Waals surface area contributed by atoms with E-state index in [0.29, 0.717) is 0 Å². The highest BCUT2D eigenvalue weighted by atomic mass is 16.3. The molecule has 0 bridgehead atoms. The number of pyridine rings is 1. The van der Waals surface area contributed by atoms with E-state index in [9.17, 15) is 5.11 Å². The molecule has 3 heteroatoms. The average molecular weight is 236 g/mol. The van der Waals surface area contributed by atoms with Crippen molar-refractivity contribution in [1.29, 1.82) is 0 Å². The Labute approximate surface area is 104 Å². The molecule has 96 valence electrons. The Morgan fingerprint density at radius 1 is 1.18 bits per heavy atom. The molecule has 1 heterocycles. The predicted molar refractivity (Wildman–Crippen MR) is 72.2 cm³/mol. The van der Waals surface area contributed by atoms with E-state index in [1.807, 2.05) is 12.3 Å². The summed E-state index contributed by atoms with van der Waals surface area (Å²) >= 11 is 0. The first-order valence-corrected chi connectivity index (χ1v) is 6.62. The first kappa shape index (κ1) is 14.0. The van der Waals surface area contributed by atoms with Crippen LogP contribution >= 0.6 is 0 Å². The summed E-state index contributed by atoms with van der Waals surface area (Å²) in [5.41, 5.74) is 2.07. The minimum absolute atomic E-state index is 0.0899. The molecule has 0 aliphatic rings. The van der Waals surface area contributed by atoms with Gasteiger partial charge in [0, 0.05) is 24.8 Å². The summed E-state index contributed by atoms with van der Waals surface area (Å²) in [5, 5.41) is 9.36. The molecule has 0 aliphatic carbocycles. The van der Waals surface area contributed by atoms with Crippen molar-refractivity contribution in [2.24, 2.45) is 0 Å². The number of anilines is 1. The lowest BCUT2D eigenvalue weighted by Crippen LogP contribution is -2.26. The van der Waals surface area contributed by atoms with E-state index >= 15 is 0 Å². The van der Waals surface area contributed by atoms with Crippen LogP contribution in [0.15, 0.2) is 18.5 Å². The normalized spacial score (nSPS) is 10.5. The largest absolute Gasteiger partial charge is 0.392 e. The molecule has 0 unspecified atom stereocenters. The number of rotatable bonds is 8. The van der Waals surface area contributed by atoms with E-state index in [1.54, 1.807) is 6.20 Å². The molecule has 0 saturated heterocycles. The molecule has 0 amide bonds. The molecule has 1 aromatic heterocycles. The van der Waals surface area contributed by atoms with Crippen LogP contribution in [0.3, 0.4) is 0 Å². The van der Waals surface area contributed by atoms with Crippen LogP contribution in [0.5, 0.6) is 0 Å². The van der Waals surface area contributed by atoms with Crippen molar-refractivity contribution in [3.05, 3.63) is 24.0 Å². The molecule has 3 nitrogen and oxygen atoms in total. The van der Waals surface area contributed by atoms with Gasteiger partial charge in [-0.05, 0) is 18.9 Å². The SMILES string of the molecule is CCCCN(CCCC)c1cnccc1CO. The monoisotopic (exact) mass is 236 g/mol. The fraction of sp³-hybridized carbons (Fsp3) is 0.643. The summed E-state index contributed by atoms with van der Waals surface area (Å²) in [5.74, 6) is 0. The van der Waals surface area contributed by atoms with E-state index in [-0.39, 0.29) is 6.61 Å². The molecule has 0 radical (unpaired) electrons. The number of hydrogen-bond acceptors (Lipinski definition) is 3. The van der Waals surface area contributed by atoms with Gasteiger partial charge in [-0.3, -0.25) is 4.98 Å². The summed E-state index contributed by atoms with van der Waals surface area (Å²) in [6.45, 7) is 6.60. The third-order valence-electron chi connectivity index (χ3n) is 2.96. The summed E-state index contributed by atoms with van der Waals surface area (Å²) < 4.78 is 0. The molecule has 0 fully saturated rings. The molecule has 0 spiro atoms. The quantitative estimate of drug-likeness (QED) is 0.754. The summed E-state index contributed by atoms with van der Waals surface area (Å²) in [4.78, 5) is 6.53. The maximum absolute atomic E-state index is 9.36. The van der Waals surface area contributed by atoms with Crippen LogP contribution in [-0.2, 0) is 6.61 Å². The second-order valence-electron chi connectivity index (χ2n) is 4.36. The van der Waals surface area contributed by atoms with Gasteiger partial charge in [0.05, 0.1) is 18.5 Å². The van der Waals surface area contributed by atoms with Crippen LogP contribution in [0.4, 0.5) is 5.69 Å². The van der Waals surface area contributed by atoms with Crippen molar-refractivity contribution in [2.75, 3.05) is 18.0 Å². The number of unbranched alkanes of at least 4 members (excludes halogenated alkanes) is 2. The lowest BCUT2D eigenvalue weighted by atomic mass is 10.2. The third-order valence-corrected chi connectivity index (χ3v) is 2.96. The van der Waals surface area contributed by atoms with Crippen molar-refractivity contribution < 1.29 is 5.11 Å². The van der Waals surface area contributed by atoms with Gasteiger partial charge < -0.3 is 10.0 Å². The van der Waals surface area contributed by atoms with Crippen molar-refractivity contribution in [3.63, 3.8) is 0 Å². The minimum Gasteiger partial charge on any atom is -0.392 e. The average Bonchev–Trinajstić information content (AvgIpc) is 2.39. The molecule has 0 aromatic carbocycles. The van der Waals surface area contributed by atoms with E-state index in [2.05, 4.69) is 23.7 Å². The van der Waals surface area contributed by atoms with E-state index in [1.165, 1.54) is 25.7 Å². The second kappa shape index (κ2) is 8.07. The van der Waals surface area contributed by atoms with Gasteiger partial charge in [-0.1, -0.05) is 26.7 Å². The minimum atomic E-state index is 0.0899. The summed E-state index contributed by atoms with van der Waals surface area (Å²) in [6.07, 6.45) is 8.37. The number of aliphatic hydroxyl groups excluding tert-OH is 1. The smallest absolute Gasteiger partial charge is 0.0703 e. The first-order chi connectivity index (χ1) is 8.33. The number of hydrogen-bond donors (Lipinski definition) is 1. The summed E-state index contributed by atoms with van der Waals surface area (Å²) in [6, 6.07) is 1.90. The summed E-state index contributed by atoms with van der Waals surface area (Å²) in [7, 11) is 0. The van der Waals surface area contributed by atoms with Crippen molar-refractivity contribution in [1.82, 2.24) is 4.98 Å². The predicted octanol–water partition coefficient (Wildman–Crippen LogP) is 2.98. The van der Waals surface area contributed by atoms with Gasteiger partial charge in [0.1, 0.15) is 0 Å². The molecule has 1 N–H and O–H groups in total. The maximum Gasteiger partial charge on any atom is 0.0703 e. The van der Waals surface area contributed by atoms with Gasteiger partial charge in [0.2, 0.25) is 0 Å². The zero-order valence-electron chi connectivity index (χ0n) is 11.0. The molecule has 17 heavy (non-hydrogen) atoms. The molecule has 0 atom stereocenters. The fourth-order valence-electron chi connectivity index (χ4n) is 1.88. The highest BCUT2D eigenvalue weighted by molar-refractivity contribution is 5.51. The van der Waals surface area contributed by atoms with Crippen LogP contribution in [-0.4, -0.2) is 23.2 Å². The Morgan fingerprint density at radius 2 is 1.82 bits per heavy atom. The van der Waals surface area contributed by atoms with E-state index < -0.39 is 0 Å². The topological polar surface area (TPSA) is 36.4 Å². The number of aliphatic hydroxyl groups is 1. The molecule has 0 aliphatic heterocycles. The fourth-order valence-corrected chi connectivity index (χ4v) is 1.88. The van der Waals surface area contributed by atoms with Crippen molar-refractivity contribution >= 4 is 5.69 Å². The number of nitrogens with zero attached hydrogens (tertiary/aromatic N) is 2. The Hall–Kier alpha value is -1.09. The highest BCUT2D eigenvalue weighted by Crippen LogP contribution is 2.20. The van der Waals surface area contributed by atoms with Crippen LogP contribution in [0.1, 0.15) is 45.1 Å². The Morgan fingerprint density at radius 3 is 2.35 bits per heavy atom. The van der Waals surface area contributed by atoms with Gasteiger partial charge in [-0.15, -0.1) is 0 Å². The zero-order valence-corrected chi connectivity index (χ0v) is 11.0. The van der Waals surface area contributed by atoms with Gasteiger partial charge in [-0.2, -0.15) is 0 Å². The molecule has 0 saturated carbocycles. The lowest BCUT2D eigenvalue weighted by molar-refractivity contribution is 0.282. The van der Waals surface area contributed by atoms with E-state index in [4.69, 9.17) is 0 Å². The van der Waals surface area contributed by atoms with Gasteiger partial charge in [-0.25, -0.2) is 0 Å². The van der Waals surface area contributed by atoms with Crippen LogP contribution < -0.4 is 4.90 Å². The molecular weight excluding hydrogens is 212 g/mol. The molecular formula is C14H24N2O. The molecule has 1 aromatic rings. The second-order valence-corrected chi connectivity index (χ2v) is 4.36. The zero-order chi connectivity index (χ0) is 12.5. The van der Waals surface area contributed by atoms with Crippen LogP contribution in [0.2, 0.25) is 0 Å². The first-order valence-electron chi connectivity index (χ1n) is 6.62. The standard InChI is InChI=1S/C14H24N2O/c1-3-5-9-16(10-6-4-2)14-11-15-8-7-13(14)12-17/h7-8,11,17H,3-6,9-10,12H2,1-2H3. The lowest BCUT2D eigenvalue weighted by Gasteiger charge is -2.26. The maximum atomic E-state index is 9.36. The van der Waals surface area contributed by atoms with Crippen LogP contribution in [0.25, 0.3) is 0 Å². The highest BCUT2D eigenvalue weighted by Gasteiger charge is 2.09. The van der Waals surface area contributed by atoms with Gasteiger partial charge in [0.25, 0.3) is 0 Å². The Balaban J connectivity index is 2.78. The molecule has 1 rings (SSSR count). The van der Waals surface area contributed by atoms with Crippen molar-refractivity contribution in [3.8, 4) is 0 Å². The Bertz CT molecular complexity index is 307. The van der Waals surface area contributed by atoms with E-state index in [0.717, 1.165) is 24.3 Å². The Kier molecular flexibility index (Phi) is 6.63.